The van der Waals surface area contributed by atoms with Crippen LogP contribution in [-0.4, -0.2) is 22.0 Å². The summed E-state index contributed by atoms with van der Waals surface area (Å²) in [4.78, 5) is 11.5. The van der Waals surface area contributed by atoms with Crippen LogP contribution in [0.25, 0.3) is 0 Å². The molecule has 0 bridgehead atoms. The number of aromatic amines is 1. The third-order valence-corrected chi connectivity index (χ3v) is 2.37. The van der Waals surface area contributed by atoms with Gasteiger partial charge in [-0.25, -0.2) is 0 Å². The van der Waals surface area contributed by atoms with Crippen molar-refractivity contribution >= 4 is 23.2 Å². The van der Waals surface area contributed by atoms with Crippen molar-refractivity contribution in [1.82, 2.24) is 10.2 Å². The van der Waals surface area contributed by atoms with Gasteiger partial charge >= 0.3 is 0 Å². The maximum absolute atomic E-state index is 11.5. The number of hydrogen-bond acceptors (Lipinski definition) is 2. The highest BCUT2D eigenvalue weighted by molar-refractivity contribution is 6.20. The predicted molar refractivity (Wildman–Crippen MR) is 51.7 cm³/mol. The van der Waals surface area contributed by atoms with Gasteiger partial charge in [-0.2, -0.15) is 5.10 Å². The first-order valence-electron chi connectivity index (χ1n) is 3.92. The second kappa shape index (κ2) is 3.79. The van der Waals surface area contributed by atoms with Gasteiger partial charge in [-0.15, -0.1) is 11.6 Å². The highest BCUT2D eigenvalue weighted by Gasteiger charge is 2.26. The van der Waals surface area contributed by atoms with Crippen LogP contribution in [0, 0.1) is 5.41 Å². The summed E-state index contributed by atoms with van der Waals surface area (Å²) in [6.07, 6.45) is 3.16. The molecule has 0 atom stereocenters. The lowest BCUT2D eigenvalue weighted by atomic mass is 9.95. The lowest BCUT2D eigenvalue weighted by molar-refractivity contribution is -0.122. The largest absolute Gasteiger partial charge is 0.323 e. The number of carbonyl (C=O) groups is 1. The maximum atomic E-state index is 11.5. The van der Waals surface area contributed by atoms with E-state index in [1.54, 1.807) is 26.2 Å². The van der Waals surface area contributed by atoms with Crippen molar-refractivity contribution in [3.8, 4) is 0 Å². The fourth-order valence-corrected chi connectivity index (χ4v) is 0.802. The molecule has 1 amide bonds. The van der Waals surface area contributed by atoms with Crippen molar-refractivity contribution in [3.63, 3.8) is 0 Å². The molecule has 0 aliphatic heterocycles. The first-order valence-corrected chi connectivity index (χ1v) is 4.46. The highest BCUT2D eigenvalue weighted by atomic mass is 35.5. The zero-order valence-electron chi connectivity index (χ0n) is 7.60. The van der Waals surface area contributed by atoms with Crippen LogP contribution < -0.4 is 5.32 Å². The van der Waals surface area contributed by atoms with Crippen molar-refractivity contribution in [2.24, 2.45) is 5.41 Å². The third kappa shape index (κ3) is 2.45. The van der Waals surface area contributed by atoms with E-state index in [1.807, 2.05) is 0 Å². The molecule has 1 heterocycles. The fourth-order valence-electron chi connectivity index (χ4n) is 0.680. The van der Waals surface area contributed by atoms with E-state index in [-0.39, 0.29) is 11.8 Å². The lowest BCUT2D eigenvalue weighted by Gasteiger charge is -2.19. The summed E-state index contributed by atoms with van der Waals surface area (Å²) >= 11 is 5.64. The second-order valence-corrected chi connectivity index (χ2v) is 3.73. The van der Waals surface area contributed by atoms with E-state index in [4.69, 9.17) is 11.6 Å². The van der Waals surface area contributed by atoms with Gasteiger partial charge in [0, 0.05) is 12.1 Å². The number of nitrogens with zero attached hydrogens (tertiary/aromatic N) is 1. The van der Waals surface area contributed by atoms with Crippen LogP contribution >= 0.6 is 11.6 Å². The summed E-state index contributed by atoms with van der Waals surface area (Å²) in [5, 5.41) is 9.01. The molecule has 5 heteroatoms. The Labute approximate surface area is 81.7 Å². The summed E-state index contributed by atoms with van der Waals surface area (Å²) in [5.41, 5.74) is 0.0990. The van der Waals surface area contributed by atoms with Gasteiger partial charge in [-0.1, -0.05) is 0 Å². The Hall–Kier alpha value is -1.03. The molecule has 0 fully saturated rings. The number of alkyl halides is 1. The van der Waals surface area contributed by atoms with Gasteiger partial charge in [-0.3, -0.25) is 9.89 Å². The number of anilines is 1. The molecule has 0 aromatic carbocycles. The molecule has 0 saturated carbocycles. The molecule has 0 saturated heterocycles. The lowest BCUT2D eigenvalue weighted by Crippen LogP contribution is -2.32. The molecule has 13 heavy (non-hydrogen) atoms. The van der Waals surface area contributed by atoms with E-state index in [2.05, 4.69) is 15.5 Å². The molecule has 0 radical (unpaired) electrons. The summed E-state index contributed by atoms with van der Waals surface area (Å²) < 4.78 is 0. The summed E-state index contributed by atoms with van der Waals surface area (Å²) in [6, 6.07) is 0. The van der Waals surface area contributed by atoms with Crippen molar-refractivity contribution < 1.29 is 4.79 Å². The Bertz CT molecular complexity index is 282. The van der Waals surface area contributed by atoms with E-state index >= 15 is 0 Å². The zero-order chi connectivity index (χ0) is 9.90. The topological polar surface area (TPSA) is 57.8 Å². The number of hydrogen-bond donors (Lipinski definition) is 2. The van der Waals surface area contributed by atoms with Crippen LogP contribution in [-0.2, 0) is 4.79 Å². The van der Waals surface area contributed by atoms with Crippen LogP contribution in [0.15, 0.2) is 12.4 Å². The van der Waals surface area contributed by atoms with E-state index in [0.717, 1.165) is 0 Å². The van der Waals surface area contributed by atoms with Crippen molar-refractivity contribution in [2.45, 2.75) is 13.8 Å². The minimum Gasteiger partial charge on any atom is -0.323 e. The molecule has 1 rings (SSSR count). The van der Waals surface area contributed by atoms with Crippen molar-refractivity contribution in [2.75, 3.05) is 11.2 Å². The average molecular weight is 202 g/mol. The molecular formula is C8H12ClN3O. The molecule has 1 aromatic rings. The molecule has 0 aliphatic carbocycles. The first-order chi connectivity index (χ1) is 6.06. The Morgan fingerprint density at radius 2 is 2.46 bits per heavy atom. The number of nitrogens with one attached hydrogen (secondary N) is 2. The molecule has 72 valence electrons. The number of halogens is 1. The molecule has 0 spiro atoms. The minimum absolute atomic E-state index is 0.107. The van der Waals surface area contributed by atoms with Gasteiger partial charge in [-0.05, 0) is 13.8 Å². The van der Waals surface area contributed by atoms with Crippen LogP contribution in [0.1, 0.15) is 13.8 Å². The zero-order valence-corrected chi connectivity index (χ0v) is 8.35. The van der Waals surface area contributed by atoms with Gasteiger partial charge in [0.05, 0.1) is 17.3 Å². The van der Waals surface area contributed by atoms with Crippen LogP contribution in [0.2, 0.25) is 0 Å². The first kappa shape index (κ1) is 10.1. The van der Waals surface area contributed by atoms with Crippen LogP contribution in [0.4, 0.5) is 5.69 Å². The van der Waals surface area contributed by atoms with E-state index in [9.17, 15) is 4.79 Å². The molecule has 4 nitrogen and oxygen atoms in total. The number of aromatic nitrogens is 2. The SMILES string of the molecule is CC(C)(CCl)C(=O)Nc1cn[nH]c1. The van der Waals surface area contributed by atoms with Gasteiger partial charge in [0.1, 0.15) is 0 Å². The number of rotatable bonds is 3. The number of amides is 1. The minimum atomic E-state index is -0.557. The monoisotopic (exact) mass is 201 g/mol. The predicted octanol–water partition coefficient (Wildman–Crippen LogP) is 1.61. The van der Waals surface area contributed by atoms with Crippen LogP contribution in [0.3, 0.4) is 0 Å². The second-order valence-electron chi connectivity index (χ2n) is 3.46. The Morgan fingerprint density at radius 3 is 2.92 bits per heavy atom. The average Bonchev–Trinajstić information content (AvgIpc) is 2.57. The third-order valence-electron chi connectivity index (χ3n) is 1.70. The fraction of sp³-hybridized carbons (Fsp3) is 0.500. The quantitative estimate of drug-likeness (QED) is 0.731. The summed E-state index contributed by atoms with van der Waals surface area (Å²) in [5.74, 6) is 0.181. The molecular weight excluding hydrogens is 190 g/mol. The molecule has 1 aromatic heterocycles. The smallest absolute Gasteiger partial charge is 0.231 e. The Morgan fingerprint density at radius 1 is 1.77 bits per heavy atom. The highest BCUT2D eigenvalue weighted by Crippen LogP contribution is 2.19. The molecule has 2 N–H and O–H groups in total. The van der Waals surface area contributed by atoms with Crippen molar-refractivity contribution in [3.05, 3.63) is 12.4 Å². The van der Waals surface area contributed by atoms with Crippen molar-refractivity contribution in [1.29, 1.82) is 0 Å². The maximum Gasteiger partial charge on any atom is 0.231 e. The number of carbonyl (C=O) groups excluding carboxylic acids is 1. The summed E-state index contributed by atoms with van der Waals surface area (Å²) in [7, 11) is 0. The van der Waals surface area contributed by atoms with Gasteiger partial charge in [0.15, 0.2) is 0 Å². The Kier molecular flexibility index (Phi) is 2.93. The standard InChI is InChI=1S/C8H12ClN3O/c1-8(2,5-9)7(13)12-6-3-10-11-4-6/h3-4H,5H2,1-2H3,(H,10,11)(H,12,13). The van der Waals surface area contributed by atoms with Gasteiger partial charge in [0.25, 0.3) is 0 Å². The van der Waals surface area contributed by atoms with E-state index in [0.29, 0.717) is 5.69 Å². The van der Waals surface area contributed by atoms with E-state index < -0.39 is 5.41 Å². The molecule has 0 unspecified atom stereocenters. The number of H-pyrrole nitrogens is 1. The molecule has 0 aliphatic rings. The normalized spacial score (nSPS) is 11.3. The Balaban J connectivity index is 2.61. The van der Waals surface area contributed by atoms with Crippen LogP contribution in [0.5, 0.6) is 0 Å². The summed E-state index contributed by atoms with van der Waals surface area (Å²) in [6.45, 7) is 3.57. The van der Waals surface area contributed by atoms with Gasteiger partial charge in [0.2, 0.25) is 5.91 Å². The van der Waals surface area contributed by atoms with E-state index in [1.165, 1.54) is 0 Å². The van der Waals surface area contributed by atoms with Gasteiger partial charge < -0.3 is 5.32 Å².